The summed E-state index contributed by atoms with van der Waals surface area (Å²) in [5.74, 6) is 0.439. The van der Waals surface area contributed by atoms with Crippen LogP contribution in [-0.4, -0.2) is 16.7 Å². The standard InChI is InChI=1S/C12H14ClN3O/c1-9(13)11-15-16-12(17-11)14-8-7-10-5-3-2-4-6-10/h2-6,9H,7-8H2,1H3,(H,14,16). The van der Waals surface area contributed by atoms with Crippen LogP contribution in [0.15, 0.2) is 34.7 Å². The van der Waals surface area contributed by atoms with Gasteiger partial charge in [-0.1, -0.05) is 35.4 Å². The Labute approximate surface area is 105 Å². The average molecular weight is 252 g/mol. The van der Waals surface area contributed by atoms with E-state index in [0.29, 0.717) is 11.9 Å². The monoisotopic (exact) mass is 251 g/mol. The van der Waals surface area contributed by atoms with E-state index in [1.165, 1.54) is 5.56 Å². The number of rotatable bonds is 5. The smallest absolute Gasteiger partial charge is 0.315 e. The second-order valence-electron chi connectivity index (χ2n) is 3.72. The van der Waals surface area contributed by atoms with Crippen molar-refractivity contribution in [2.24, 2.45) is 0 Å². The summed E-state index contributed by atoms with van der Waals surface area (Å²) >= 11 is 5.82. The summed E-state index contributed by atoms with van der Waals surface area (Å²) in [6.07, 6.45) is 0.912. The molecule has 1 N–H and O–H groups in total. The fourth-order valence-corrected chi connectivity index (χ4v) is 1.51. The van der Waals surface area contributed by atoms with E-state index in [-0.39, 0.29) is 5.38 Å². The number of hydrogen-bond acceptors (Lipinski definition) is 4. The zero-order chi connectivity index (χ0) is 12.1. The Hall–Kier alpha value is -1.55. The van der Waals surface area contributed by atoms with Crippen molar-refractivity contribution < 1.29 is 4.42 Å². The number of anilines is 1. The summed E-state index contributed by atoms with van der Waals surface area (Å²) in [5.41, 5.74) is 1.27. The maximum absolute atomic E-state index is 5.82. The molecule has 0 saturated carbocycles. The van der Waals surface area contributed by atoms with Crippen molar-refractivity contribution in [3.05, 3.63) is 41.8 Å². The van der Waals surface area contributed by atoms with Gasteiger partial charge >= 0.3 is 6.01 Å². The average Bonchev–Trinajstić information content (AvgIpc) is 2.79. The van der Waals surface area contributed by atoms with E-state index >= 15 is 0 Å². The summed E-state index contributed by atoms with van der Waals surface area (Å²) in [7, 11) is 0. The molecule has 0 saturated heterocycles. The molecule has 1 atom stereocenters. The van der Waals surface area contributed by atoms with Gasteiger partial charge in [0, 0.05) is 6.54 Å². The number of benzene rings is 1. The van der Waals surface area contributed by atoms with Crippen LogP contribution in [0.1, 0.15) is 23.8 Å². The lowest BCUT2D eigenvalue weighted by atomic mass is 10.1. The minimum atomic E-state index is -0.257. The third-order valence-corrected chi connectivity index (χ3v) is 2.50. The number of halogens is 1. The fourth-order valence-electron chi connectivity index (χ4n) is 1.43. The second kappa shape index (κ2) is 5.68. The Bertz CT molecular complexity index is 456. The molecule has 0 aliphatic carbocycles. The predicted octanol–water partition coefficient (Wildman–Crippen LogP) is 3.02. The van der Waals surface area contributed by atoms with Crippen LogP contribution in [0.4, 0.5) is 6.01 Å². The van der Waals surface area contributed by atoms with Crippen LogP contribution >= 0.6 is 11.6 Å². The highest BCUT2D eigenvalue weighted by molar-refractivity contribution is 6.20. The largest absolute Gasteiger partial charge is 0.407 e. The van der Waals surface area contributed by atoms with Crippen molar-refractivity contribution in [3.63, 3.8) is 0 Å². The summed E-state index contributed by atoms with van der Waals surface area (Å²) < 4.78 is 5.32. The minimum Gasteiger partial charge on any atom is -0.407 e. The lowest BCUT2D eigenvalue weighted by molar-refractivity contribution is 0.506. The molecule has 0 spiro atoms. The van der Waals surface area contributed by atoms with Gasteiger partial charge in [0.15, 0.2) is 0 Å². The van der Waals surface area contributed by atoms with Crippen LogP contribution in [0.25, 0.3) is 0 Å². The van der Waals surface area contributed by atoms with E-state index < -0.39 is 0 Å². The molecule has 1 unspecified atom stereocenters. The molecule has 0 bridgehead atoms. The quantitative estimate of drug-likeness (QED) is 0.830. The molecular weight excluding hydrogens is 238 g/mol. The van der Waals surface area contributed by atoms with Gasteiger partial charge in [-0.05, 0) is 18.9 Å². The fraction of sp³-hybridized carbons (Fsp3) is 0.333. The van der Waals surface area contributed by atoms with E-state index in [1.807, 2.05) is 18.2 Å². The van der Waals surface area contributed by atoms with Gasteiger partial charge in [-0.15, -0.1) is 16.7 Å². The Balaban J connectivity index is 1.82. The molecule has 17 heavy (non-hydrogen) atoms. The topological polar surface area (TPSA) is 51.0 Å². The summed E-state index contributed by atoms with van der Waals surface area (Å²) in [6.45, 7) is 2.55. The van der Waals surface area contributed by atoms with Gasteiger partial charge in [0.1, 0.15) is 5.38 Å². The third kappa shape index (κ3) is 3.46. The molecule has 0 amide bonds. The van der Waals surface area contributed by atoms with Crippen molar-refractivity contribution in [2.75, 3.05) is 11.9 Å². The first-order valence-corrected chi connectivity index (χ1v) is 5.94. The minimum absolute atomic E-state index is 0.257. The molecule has 0 aliphatic rings. The van der Waals surface area contributed by atoms with E-state index in [4.69, 9.17) is 16.0 Å². The van der Waals surface area contributed by atoms with Gasteiger partial charge in [-0.3, -0.25) is 0 Å². The van der Waals surface area contributed by atoms with E-state index in [2.05, 4.69) is 27.6 Å². The number of alkyl halides is 1. The maximum Gasteiger partial charge on any atom is 0.315 e. The van der Waals surface area contributed by atoms with Crippen LogP contribution in [0.2, 0.25) is 0 Å². The molecule has 0 radical (unpaired) electrons. The molecule has 0 fully saturated rings. The maximum atomic E-state index is 5.82. The summed E-state index contributed by atoms with van der Waals surface area (Å²) in [5, 5.41) is 10.5. The van der Waals surface area contributed by atoms with Crippen LogP contribution in [0, 0.1) is 0 Å². The van der Waals surface area contributed by atoms with Crippen molar-refractivity contribution >= 4 is 17.6 Å². The first kappa shape index (κ1) is 11.9. The van der Waals surface area contributed by atoms with E-state index in [9.17, 15) is 0 Å². The van der Waals surface area contributed by atoms with Crippen molar-refractivity contribution in [2.45, 2.75) is 18.7 Å². The van der Waals surface area contributed by atoms with Crippen LogP contribution in [-0.2, 0) is 6.42 Å². The lowest BCUT2D eigenvalue weighted by Gasteiger charge is -2.01. The zero-order valence-corrected chi connectivity index (χ0v) is 10.3. The Morgan fingerprint density at radius 3 is 2.71 bits per heavy atom. The Morgan fingerprint density at radius 1 is 1.29 bits per heavy atom. The van der Waals surface area contributed by atoms with Gasteiger partial charge < -0.3 is 9.73 Å². The van der Waals surface area contributed by atoms with Crippen molar-refractivity contribution in [3.8, 4) is 0 Å². The van der Waals surface area contributed by atoms with Gasteiger partial charge in [0.05, 0.1) is 0 Å². The SMILES string of the molecule is CC(Cl)c1nnc(NCCc2ccccc2)o1. The highest BCUT2D eigenvalue weighted by atomic mass is 35.5. The normalized spacial score (nSPS) is 12.4. The zero-order valence-electron chi connectivity index (χ0n) is 9.56. The highest BCUT2D eigenvalue weighted by Gasteiger charge is 2.10. The lowest BCUT2D eigenvalue weighted by Crippen LogP contribution is -2.04. The molecule has 2 aromatic rings. The molecule has 4 nitrogen and oxygen atoms in total. The molecule has 1 aromatic heterocycles. The first-order chi connectivity index (χ1) is 8.25. The predicted molar refractivity (Wildman–Crippen MR) is 67.2 cm³/mol. The molecule has 1 aromatic carbocycles. The Morgan fingerprint density at radius 2 is 2.06 bits per heavy atom. The van der Waals surface area contributed by atoms with Gasteiger partial charge in [0.2, 0.25) is 5.89 Å². The van der Waals surface area contributed by atoms with Crippen molar-refractivity contribution in [1.82, 2.24) is 10.2 Å². The number of aromatic nitrogens is 2. The number of nitrogens with zero attached hydrogens (tertiary/aromatic N) is 2. The molecule has 5 heteroatoms. The molecule has 0 aliphatic heterocycles. The van der Waals surface area contributed by atoms with Gasteiger partial charge in [0.25, 0.3) is 0 Å². The van der Waals surface area contributed by atoms with Gasteiger partial charge in [-0.25, -0.2) is 0 Å². The Kier molecular flexibility index (Phi) is 3.98. The summed E-state index contributed by atoms with van der Waals surface area (Å²) in [4.78, 5) is 0. The molecule has 90 valence electrons. The molecule has 1 heterocycles. The first-order valence-electron chi connectivity index (χ1n) is 5.51. The van der Waals surface area contributed by atoms with Crippen molar-refractivity contribution in [1.29, 1.82) is 0 Å². The molecular formula is C12H14ClN3O. The number of nitrogens with one attached hydrogen (secondary N) is 1. The van der Waals surface area contributed by atoms with Crippen LogP contribution < -0.4 is 5.32 Å². The van der Waals surface area contributed by atoms with Gasteiger partial charge in [-0.2, -0.15) is 0 Å². The van der Waals surface area contributed by atoms with E-state index in [0.717, 1.165) is 13.0 Å². The van der Waals surface area contributed by atoms with Crippen LogP contribution in [0.5, 0.6) is 0 Å². The third-order valence-electron chi connectivity index (χ3n) is 2.31. The highest BCUT2D eigenvalue weighted by Crippen LogP contribution is 2.19. The number of hydrogen-bond donors (Lipinski definition) is 1. The molecule has 2 rings (SSSR count). The second-order valence-corrected chi connectivity index (χ2v) is 4.38. The van der Waals surface area contributed by atoms with E-state index in [1.54, 1.807) is 6.92 Å². The van der Waals surface area contributed by atoms with Crippen LogP contribution in [0.3, 0.4) is 0 Å². The summed E-state index contributed by atoms with van der Waals surface area (Å²) in [6, 6.07) is 10.6.